The largest absolute Gasteiger partial charge is 0.503 e. The molecule has 0 fully saturated rings. The van der Waals surface area contributed by atoms with Crippen molar-refractivity contribution in [2.45, 2.75) is 6.92 Å². The molecular weight excluding hydrogens is 478 g/mol. The lowest BCUT2D eigenvalue weighted by Gasteiger charge is -2.34. The van der Waals surface area contributed by atoms with Crippen molar-refractivity contribution in [2.24, 2.45) is 0 Å². The monoisotopic (exact) mass is 498 g/mol. The number of hydrazine groups is 1. The molecule has 1 heterocycles. The fourth-order valence-corrected chi connectivity index (χ4v) is 3.28. The molecule has 0 radical (unpaired) electrons. The Hall–Kier alpha value is -5.00. The number of aryl methyl sites for hydroxylation is 1. The average Bonchev–Trinajstić information content (AvgIpc) is 3.38. The Morgan fingerprint density at radius 3 is 2.14 bits per heavy atom. The van der Waals surface area contributed by atoms with E-state index in [0.717, 1.165) is 18.4 Å². The first-order valence-electron chi connectivity index (χ1n) is 10.4. The Labute approximate surface area is 203 Å². The second-order valence-corrected chi connectivity index (χ2v) is 7.43. The van der Waals surface area contributed by atoms with Gasteiger partial charge in [0.15, 0.2) is 23.1 Å². The number of hydrogen-bond donors (Lipinski definition) is 4. The third-order valence-electron chi connectivity index (χ3n) is 5.06. The maximum Gasteiger partial charge on any atom is 0.348 e. The number of hydrogen-bond acceptors (Lipinski definition) is 6. The number of amides is 4. The van der Waals surface area contributed by atoms with Crippen LogP contribution in [0.15, 0.2) is 72.8 Å². The summed E-state index contributed by atoms with van der Waals surface area (Å²) in [6, 6.07) is 11.4. The van der Waals surface area contributed by atoms with Crippen molar-refractivity contribution in [3.63, 3.8) is 0 Å². The lowest BCUT2D eigenvalue weighted by atomic mass is 10.2. The zero-order chi connectivity index (χ0) is 25.8. The number of ether oxygens (including phenoxy) is 2. The quantitative estimate of drug-likeness (QED) is 0.297. The minimum absolute atomic E-state index is 0.313. The van der Waals surface area contributed by atoms with Crippen molar-refractivity contribution >= 4 is 29.1 Å². The van der Waals surface area contributed by atoms with Crippen LogP contribution in [-0.4, -0.2) is 34.1 Å². The number of anilines is 3. The van der Waals surface area contributed by atoms with Gasteiger partial charge in [-0.3, -0.25) is 0 Å². The van der Waals surface area contributed by atoms with Crippen LogP contribution in [0, 0.1) is 18.6 Å². The van der Waals surface area contributed by atoms with Crippen LogP contribution in [0.1, 0.15) is 5.56 Å². The molecule has 4 rings (SSSR count). The van der Waals surface area contributed by atoms with E-state index in [9.17, 15) is 28.6 Å². The van der Waals surface area contributed by atoms with Crippen LogP contribution in [0.25, 0.3) is 0 Å². The zero-order valence-electron chi connectivity index (χ0n) is 18.7. The van der Waals surface area contributed by atoms with Gasteiger partial charge >= 0.3 is 12.1 Å². The van der Waals surface area contributed by atoms with Crippen LogP contribution >= 0.6 is 0 Å². The standard InChI is InChI=1S/C24H20F2N4O6/c1-14-6-2-3-9-17(14)27-23(33)29(19-11-5-8-16(26)22(19)32)30(20-12-35-13-36-20)24(34)28-18-10-4-7-15(25)21(18)31/h2-12,31-32H,13H2,1H3,(H,27,33)(H,28,34). The van der Waals surface area contributed by atoms with E-state index in [0.29, 0.717) is 21.3 Å². The Balaban J connectivity index is 1.81. The molecule has 4 N–H and O–H groups in total. The van der Waals surface area contributed by atoms with Gasteiger partial charge in [-0.2, -0.15) is 10.0 Å². The van der Waals surface area contributed by atoms with Gasteiger partial charge < -0.3 is 30.3 Å². The molecule has 3 aromatic rings. The predicted molar refractivity (Wildman–Crippen MR) is 125 cm³/mol. The van der Waals surface area contributed by atoms with E-state index in [1.54, 1.807) is 31.2 Å². The molecule has 0 aliphatic carbocycles. The molecule has 0 spiro atoms. The van der Waals surface area contributed by atoms with Crippen molar-refractivity contribution in [3.05, 3.63) is 90.0 Å². The first-order chi connectivity index (χ1) is 17.3. The van der Waals surface area contributed by atoms with E-state index < -0.39 is 40.9 Å². The molecule has 10 nitrogen and oxygen atoms in total. The van der Waals surface area contributed by atoms with Gasteiger partial charge in [0.25, 0.3) is 5.88 Å². The normalized spacial score (nSPS) is 12.1. The molecule has 3 aromatic carbocycles. The number of aromatic hydroxyl groups is 2. The average molecular weight is 498 g/mol. The summed E-state index contributed by atoms with van der Waals surface area (Å²) in [6.07, 6.45) is 1.01. The van der Waals surface area contributed by atoms with E-state index in [2.05, 4.69) is 10.6 Å². The van der Waals surface area contributed by atoms with Crippen molar-refractivity contribution < 1.29 is 38.1 Å². The van der Waals surface area contributed by atoms with E-state index in [4.69, 9.17) is 9.47 Å². The summed E-state index contributed by atoms with van der Waals surface area (Å²) in [6.45, 7) is 1.42. The summed E-state index contributed by atoms with van der Waals surface area (Å²) in [4.78, 5) is 26.9. The summed E-state index contributed by atoms with van der Waals surface area (Å²) in [7, 11) is 0. The highest BCUT2D eigenvalue weighted by Gasteiger charge is 2.36. The molecule has 0 aromatic heterocycles. The summed E-state index contributed by atoms with van der Waals surface area (Å²) < 4.78 is 38.5. The fraction of sp³-hybridized carbons (Fsp3) is 0.0833. The third kappa shape index (κ3) is 4.78. The topological polar surface area (TPSA) is 124 Å². The molecule has 186 valence electrons. The van der Waals surface area contributed by atoms with Gasteiger partial charge in [0, 0.05) is 5.69 Å². The van der Waals surface area contributed by atoms with Crippen LogP contribution in [0.5, 0.6) is 11.5 Å². The minimum Gasteiger partial charge on any atom is -0.503 e. The Morgan fingerprint density at radius 1 is 0.833 bits per heavy atom. The molecule has 0 saturated carbocycles. The van der Waals surface area contributed by atoms with Gasteiger partial charge in [0.05, 0.1) is 5.69 Å². The third-order valence-corrected chi connectivity index (χ3v) is 5.06. The van der Waals surface area contributed by atoms with Crippen LogP contribution in [0.4, 0.5) is 35.4 Å². The second kappa shape index (κ2) is 10.1. The Kier molecular flexibility index (Phi) is 6.77. The molecule has 0 saturated heterocycles. The number of phenolic OH excluding ortho intramolecular Hbond substituents is 2. The summed E-state index contributed by atoms with van der Waals surface area (Å²) >= 11 is 0. The van der Waals surface area contributed by atoms with E-state index in [-0.39, 0.29) is 18.4 Å². The smallest absolute Gasteiger partial charge is 0.348 e. The summed E-state index contributed by atoms with van der Waals surface area (Å²) in [5.41, 5.74) is 0.280. The highest BCUT2D eigenvalue weighted by atomic mass is 19.1. The van der Waals surface area contributed by atoms with E-state index >= 15 is 0 Å². The summed E-state index contributed by atoms with van der Waals surface area (Å²) in [5.74, 6) is -4.19. The Bertz CT molecular complexity index is 1350. The van der Waals surface area contributed by atoms with Crippen LogP contribution in [0.3, 0.4) is 0 Å². The predicted octanol–water partition coefficient (Wildman–Crippen LogP) is 4.98. The van der Waals surface area contributed by atoms with Gasteiger partial charge in [0.2, 0.25) is 6.79 Å². The fourth-order valence-electron chi connectivity index (χ4n) is 3.28. The van der Waals surface area contributed by atoms with Crippen molar-refractivity contribution in [3.8, 4) is 11.5 Å². The number of carbonyl (C=O) groups excluding carboxylic acids is 2. The molecule has 4 amide bonds. The summed E-state index contributed by atoms with van der Waals surface area (Å²) in [5, 5.41) is 26.5. The number of rotatable bonds is 4. The number of nitrogens with zero attached hydrogens (tertiary/aromatic N) is 2. The van der Waals surface area contributed by atoms with Crippen molar-refractivity contribution in [1.82, 2.24) is 5.01 Å². The first kappa shape index (κ1) is 24.1. The van der Waals surface area contributed by atoms with Gasteiger partial charge in [-0.15, -0.1) is 0 Å². The number of halogens is 2. The van der Waals surface area contributed by atoms with Crippen molar-refractivity contribution in [1.29, 1.82) is 0 Å². The van der Waals surface area contributed by atoms with Crippen molar-refractivity contribution in [2.75, 3.05) is 22.4 Å². The first-order valence-corrected chi connectivity index (χ1v) is 10.4. The number of nitrogens with one attached hydrogen (secondary N) is 2. The number of para-hydroxylation sites is 3. The molecular formula is C24H20F2N4O6. The number of phenols is 2. The highest BCUT2D eigenvalue weighted by molar-refractivity contribution is 6.06. The SMILES string of the molecule is Cc1ccccc1NC(=O)N(c1cccc(F)c1O)N(C(=O)Nc1cccc(F)c1O)C1=COCO1. The zero-order valence-corrected chi connectivity index (χ0v) is 18.7. The number of benzene rings is 3. The Morgan fingerprint density at radius 2 is 1.44 bits per heavy atom. The molecule has 1 aliphatic heterocycles. The molecule has 0 unspecified atom stereocenters. The van der Waals surface area contributed by atoms with E-state index in [1.807, 2.05) is 0 Å². The molecule has 12 heteroatoms. The molecule has 0 bridgehead atoms. The maximum absolute atomic E-state index is 14.3. The van der Waals surface area contributed by atoms with Crippen LogP contribution < -0.4 is 15.6 Å². The van der Waals surface area contributed by atoms with Gasteiger partial charge in [-0.1, -0.05) is 30.3 Å². The molecule has 0 atom stereocenters. The minimum atomic E-state index is -1.14. The van der Waals surface area contributed by atoms with Crippen LogP contribution in [0.2, 0.25) is 0 Å². The van der Waals surface area contributed by atoms with Gasteiger partial charge in [-0.05, 0) is 42.8 Å². The van der Waals surface area contributed by atoms with Gasteiger partial charge in [0.1, 0.15) is 11.9 Å². The maximum atomic E-state index is 14.3. The van der Waals surface area contributed by atoms with Crippen LogP contribution in [-0.2, 0) is 9.47 Å². The second-order valence-electron chi connectivity index (χ2n) is 7.43. The highest BCUT2D eigenvalue weighted by Crippen LogP contribution is 2.35. The van der Waals surface area contributed by atoms with E-state index in [1.165, 1.54) is 24.3 Å². The number of urea groups is 2. The molecule has 1 aliphatic rings. The molecule has 36 heavy (non-hydrogen) atoms. The number of carbonyl (C=O) groups is 2. The van der Waals surface area contributed by atoms with Gasteiger partial charge in [-0.25, -0.2) is 18.4 Å². The lowest BCUT2D eigenvalue weighted by Crippen LogP contribution is -2.53. The lowest BCUT2D eigenvalue weighted by molar-refractivity contribution is 0.0559.